The van der Waals surface area contributed by atoms with Crippen LogP contribution in [0.25, 0.3) is 0 Å². The zero-order chi connectivity index (χ0) is 16.3. The van der Waals surface area contributed by atoms with E-state index in [0.29, 0.717) is 5.57 Å². The van der Waals surface area contributed by atoms with E-state index in [-0.39, 0.29) is 6.10 Å². The normalized spacial score (nSPS) is 13.0. The minimum atomic E-state index is -1.05. The molecule has 0 aromatic rings. The molecule has 1 unspecified atom stereocenters. The molecular formula is C15H26O6. The van der Waals surface area contributed by atoms with Crippen LogP contribution in [0.1, 0.15) is 60.3 Å². The van der Waals surface area contributed by atoms with E-state index in [1.54, 1.807) is 20.8 Å². The molecule has 6 heteroatoms. The molecule has 6 nitrogen and oxygen atoms in total. The number of hydrogen-bond acceptors (Lipinski definition) is 6. The third-order valence-electron chi connectivity index (χ3n) is 2.42. The van der Waals surface area contributed by atoms with Gasteiger partial charge in [0.1, 0.15) is 0 Å². The Bertz CT molecular complexity index is 348. The highest BCUT2D eigenvalue weighted by atomic mass is 17.2. The minimum absolute atomic E-state index is 0.274. The second kappa shape index (κ2) is 11.1. The summed E-state index contributed by atoms with van der Waals surface area (Å²) in [5.41, 5.74) is 0.494. The summed E-state index contributed by atoms with van der Waals surface area (Å²) in [6, 6.07) is 0. The lowest BCUT2D eigenvalue weighted by molar-refractivity contribution is -0.286. The van der Waals surface area contributed by atoms with Crippen LogP contribution in [0.3, 0.4) is 0 Å². The van der Waals surface area contributed by atoms with E-state index in [1.807, 2.05) is 6.08 Å². The van der Waals surface area contributed by atoms with Gasteiger partial charge in [-0.3, -0.25) is 4.89 Å². The molecular weight excluding hydrogens is 276 g/mol. The van der Waals surface area contributed by atoms with Gasteiger partial charge in [-0.05, 0) is 33.6 Å². The molecule has 0 aliphatic heterocycles. The van der Waals surface area contributed by atoms with E-state index in [0.717, 1.165) is 25.7 Å². The van der Waals surface area contributed by atoms with Gasteiger partial charge < -0.3 is 9.47 Å². The molecule has 0 N–H and O–H groups in total. The Morgan fingerprint density at radius 1 is 1.10 bits per heavy atom. The summed E-state index contributed by atoms with van der Waals surface area (Å²) in [6.07, 6.45) is 3.57. The maximum Gasteiger partial charge on any atom is 0.543 e. The first-order valence-electron chi connectivity index (χ1n) is 7.28. The smallest absolute Gasteiger partial charge is 0.422 e. The number of carbonyl (C=O) groups excluding carboxylic acids is 2. The largest absolute Gasteiger partial charge is 0.543 e. The molecule has 0 aromatic carbocycles. The number of unbranched alkanes of at least 4 members (excludes halogenated alkanes) is 3. The van der Waals surface area contributed by atoms with Crippen LogP contribution in [-0.2, 0) is 24.0 Å². The highest BCUT2D eigenvalue weighted by molar-refractivity contribution is 5.87. The molecule has 0 aliphatic rings. The van der Waals surface area contributed by atoms with E-state index in [9.17, 15) is 9.59 Å². The van der Waals surface area contributed by atoms with Crippen molar-refractivity contribution in [3.8, 4) is 0 Å². The maximum atomic E-state index is 11.7. The zero-order valence-electron chi connectivity index (χ0n) is 13.5. The van der Waals surface area contributed by atoms with Crippen molar-refractivity contribution in [2.24, 2.45) is 0 Å². The number of esters is 1. The molecule has 0 rings (SSSR count). The maximum absolute atomic E-state index is 11.7. The van der Waals surface area contributed by atoms with Gasteiger partial charge in [0, 0.05) is 12.5 Å². The third kappa shape index (κ3) is 10.8. The number of ether oxygens (including phenoxy) is 2. The molecule has 0 aliphatic carbocycles. The van der Waals surface area contributed by atoms with Gasteiger partial charge in [-0.25, -0.2) is 9.59 Å². The van der Waals surface area contributed by atoms with Gasteiger partial charge in [0.05, 0.1) is 6.10 Å². The van der Waals surface area contributed by atoms with Gasteiger partial charge in [-0.2, -0.15) is 4.89 Å². The monoisotopic (exact) mass is 302 g/mol. The van der Waals surface area contributed by atoms with Crippen LogP contribution in [0.4, 0.5) is 4.79 Å². The summed E-state index contributed by atoms with van der Waals surface area (Å²) >= 11 is 0. The average molecular weight is 302 g/mol. The predicted molar refractivity (Wildman–Crippen MR) is 77.2 cm³/mol. The van der Waals surface area contributed by atoms with Gasteiger partial charge in [0.15, 0.2) is 0 Å². The predicted octanol–water partition coefficient (Wildman–Crippen LogP) is 3.90. The molecule has 122 valence electrons. The van der Waals surface area contributed by atoms with Crippen LogP contribution in [0.2, 0.25) is 0 Å². The fraction of sp³-hybridized carbons (Fsp3) is 0.733. The van der Waals surface area contributed by atoms with Crippen molar-refractivity contribution < 1.29 is 28.8 Å². The van der Waals surface area contributed by atoms with Crippen LogP contribution >= 0.6 is 0 Å². The summed E-state index contributed by atoms with van der Waals surface area (Å²) in [4.78, 5) is 31.8. The number of hydrogen-bond donors (Lipinski definition) is 0. The van der Waals surface area contributed by atoms with Gasteiger partial charge >= 0.3 is 12.1 Å². The Balaban J connectivity index is 4.04. The van der Waals surface area contributed by atoms with E-state index in [1.165, 1.54) is 6.92 Å². The standard InChI is InChI=1S/C15H26O6/c1-6-7-8-9-10-12(4)14(16)18-13(5)19-15(17)21-20-11(2)3/h10-11,13H,6-9H2,1-5H3. The highest BCUT2D eigenvalue weighted by Crippen LogP contribution is 2.07. The van der Waals surface area contributed by atoms with Crippen molar-refractivity contribution in [1.82, 2.24) is 0 Å². The van der Waals surface area contributed by atoms with Crippen molar-refractivity contribution in [2.75, 3.05) is 0 Å². The molecule has 0 radical (unpaired) electrons. The van der Waals surface area contributed by atoms with Gasteiger partial charge in [0.25, 0.3) is 0 Å². The lowest BCUT2D eigenvalue weighted by Gasteiger charge is -2.14. The third-order valence-corrected chi connectivity index (χ3v) is 2.42. The van der Waals surface area contributed by atoms with E-state index < -0.39 is 18.4 Å². The lowest BCUT2D eigenvalue weighted by Crippen LogP contribution is -2.23. The molecule has 0 amide bonds. The van der Waals surface area contributed by atoms with Crippen molar-refractivity contribution in [3.05, 3.63) is 11.6 Å². The van der Waals surface area contributed by atoms with Crippen LogP contribution in [0, 0.1) is 0 Å². The average Bonchev–Trinajstić information content (AvgIpc) is 2.40. The summed E-state index contributed by atoms with van der Waals surface area (Å²) < 4.78 is 9.67. The molecule has 21 heavy (non-hydrogen) atoms. The molecule has 0 bridgehead atoms. The van der Waals surface area contributed by atoms with Crippen molar-refractivity contribution in [3.63, 3.8) is 0 Å². The Morgan fingerprint density at radius 2 is 1.76 bits per heavy atom. The SMILES string of the molecule is CCCCCC=C(C)C(=O)OC(C)OC(=O)OOC(C)C. The first-order chi connectivity index (χ1) is 9.86. The Morgan fingerprint density at radius 3 is 2.33 bits per heavy atom. The fourth-order valence-electron chi connectivity index (χ4n) is 1.35. The van der Waals surface area contributed by atoms with Gasteiger partial charge in [0.2, 0.25) is 6.29 Å². The van der Waals surface area contributed by atoms with E-state index in [4.69, 9.17) is 9.47 Å². The Kier molecular flexibility index (Phi) is 10.3. The van der Waals surface area contributed by atoms with Gasteiger partial charge in [-0.15, -0.1) is 0 Å². The molecule has 0 fully saturated rings. The lowest BCUT2D eigenvalue weighted by atomic mass is 10.1. The van der Waals surface area contributed by atoms with Crippen LogP contribution in [0.15, 0.2) is 11.6 Å². The fourth-order valence-corrected chi connectivity index (χ4v) is 1.35. The van der Waals surface area contributed by atoms with Crippen LogP contribution in [-0.4, -0.2) is 24.5 Å². The second-order valence-corrected chi connectivity index (χ2v) is 4.95. The second-order valence-electron chi connectivity index (χ2n) is 4.95. The molecule has 0 aromatic heterocycles. The summed E-state index contributed by atoms with van der Waals surface area (Å²) in [5, 5.41) is 0. The molecule has 0 saturated carbocycles. The van der Waals surface area contributed by atoms with Crippen molar-refractivity contribution in [2.45, 2.75) is 72.7 Å². The molecule has 1 atom stereocenters. The Labute approximate surface area is 126 Å². The first kappa shape index (κ1) is 19.4. The first-order valence-corrected chi connectivity index (χ1v) is 7.28. The number of allylic oxidation sites excluding steroid dienone is 1. The quantitative estimate of drug-likeness (QED) is 0.161. The minimum Gasteiger partial charge on any atom is -0.422 e. The van der Waals surface area contributed by atoms with Crippen LogP contribution in [0.5, 0.6) is 0 Å². The van der Waals surface area contributed by atoms with E-state index in [2.05, 4.69) is 16.7 Å². The molecule has 0 saturated heterocycles. The number of rotatable bonds is 9. The molecule has 0 spiro atoms. The van der Waals surface area contributed by atoms with Crippen molar-refractivity contribution in [1.29, 1.82) is 0 Å². The van der Waals surface area contributed by atoms with Gasteiger partial charge in [-0.1, -0.05) is 25.8 Å². The summed E-state index contributed by atoms with van der Waals surface area (Å²) in [6.45, 7) is 8.61. The van der Waals surface area contributed by atoms with Crippen molar-refractivity contribution >= 4 is 12.1 Å². The number of carbonyl (C=O) groups is 2. The zero-order valence-corrected chi connectivity index (χ0v) is 13.5. The van der Waals surface area contributed by atoms with Crippen LogP contribution < -0.4 is 0 Å². The topological polar surface area (TPSA) is 71.1 Å². The highest BCUT2D eigenvalue weighted by Gasteiger charge is 2.17. The molecule has 0 heterocycles. The Hall–Kier alpha value is -1.56. The van der Waals surface area contributed by atoms with E-state index >= 15 is 0 Å². The summed E-state index contributed by atoms with van der Waals surface area (Å²) in [5.74, 6) is -0.517. The summed E-state index contributed by atoms with van der Waals surface area (Å²) in [7, 11) is 0.